The van der Waals surface area contributed by atoms with E-state index in [0.29, 0.717) is 12.2 Å². The van der Waals surface area contributed by atoms with Crippen molar-refractivity contribution in [3.63, 3.8) is 0 Å². The van der Waals surface area contributed by atoms with Crippen molar-refractivity contribution in [1.29, 1.82) is 0 Å². The summed E-state index contributed by atoms with van der Waals surface area (Å²) in [4.78, 5) is 12.2. The van der Waals surface area contributed by atoms with E-state index >= 15 is 0 Å². The molecule has 5 heteroatoms. The molecule has 4 rings (SSSR count). The topological polar surface area (TPSA) is 31.3 Å². The van der Waals surface area contributed by atoms with Gasteiger partial charge in [0.15, 0.2) is 5.76 Å². The number of anilines is 1. The fraction of sp³-hybridized carbons (Fsp3) is 0.345. The van der Waals surface area contributed by atoms with Crippen molar-refractivity contribution < 1.29 is 4.74 Å². The van der Waals surface area contributed by atoms with Crippen LogP contribution in [0.2, 0.25) is 0 Å². The van der Waals surface area contributed by atoms with Crippen LogP contribution in [0.15, 0.2) is 72.1 Å². The molecule has 1 atom stereocenters. The van der Waals surface area contributed by atoms with Gasteiger partial charge in [0.05, 0.1) is 16.7 Å². The monoisotopic (exact) mass is 454 g/mol. The van der Waals surface area contributed by atoms with Crippen molar-refractivity contribution in [3.05, 3.63) is 83.2 Å². The largest absolute Gasteiger partial charge is 0.483 e. The molecule has 176 valence electrons. The van der Waals surface area contributed by atoms with Crippen LogP contribution in [-0.4, -0.2) is 49.1 Å². The smallest absolute Gasteiger partial charge is 0.163 e. The lowest BCUT2D eigenvalue weighted by molar-refractivity contribution is 0.144. The van der Waals surface area contributed by atoms with Crippen LogP contribution >= 0.6 is 0 Å². The van der Waals surface area contributed by atoms with Crippen molar-refractivity contribution in [2.75, 3.05) is 38.1 Å². The van der Waals surface area contributed by atoms with Gasteiger partial charge in [0.1, 0.15) is 11.9 Å². The molecule has 2 aliphatic heterocycles. The van der Waals surface area contributed by atoms with Crippen LogP contribution in [-0.2, 0) is 4.74 Å². The summed E-state index contributed by atoms with van der Waals surface area (Å²) < 4.78 is 5.95. The Kier molecular flexibility index (Phi) is 7.09. The van der Waals surface area contributed by atoms with E-state index in [0.717, 1.165) is 59.6 Å². The van der Waals surface area contributed by atoms with E-state index in [1.54, 1.807) is 6.92 Å². The van der Waals surface area contributed by atoms with Crippen molar-refractivity contribution in [2.45, 2.75) is 33.3 Å². The number of allylic oxidation sites excluding steroid dienone is 1. The van der Waals surface area contributed by atoms with Crippen molar-refractivity contribution >= 4 is 17.2 Å². The summed E-state index contributed by atoms with van der Waals surface area (Å²) in [6.45, 7) is 18.3. The number of piperazine rings is 1. The normalized spacial score (nSPS) is 16.3. The first-order chi connectivity index (χ1) is 16.4. The van der Waals surface area contributed by atoms with E-state index in [1.165, 1.54) is 5.56 Å². The van der Waals surface area contributed by atoms with Gasteiger partial charge in [0.25, 0.3) is 0 Å². The third kappa shape index (κ3) is 5.03. The summed E-state index contributed by atoms with van der Waals surface area (Å²) in [7, 11) is 2.18. The molecule has 1 fully saturated rings. The minimum atomic E-state index is -0.113. The van der Waals surface area contributed by atoms with Gasteiger partial charge in [-0.3, -0.25) is 4.90 Å². The highest BCUT2D eigenvalue weighted by atomic mass is 16.5. The van der Waals surface area contributed by atoms with Gasteiger partial charge >= 0.3 is 0 Å². The van der Waals surface area contributed by atoms with Gasteiger partial charge in [0, 0.05) is 43.5 Å². The molecule has 0 spiro atoms. The first-order valence-corrected chi connectivity index (χ1v) is 11.9. The number of rotatable bonds is 6. The van der Waals surface area contributed by atoms with Crippen LogP contribution in [0, 0.1) is 18.8 Å². The SMILES string of the molecule is C=C(C#CC)OC(C)CC(=C)N1C(N2CCN(C)CC2)=c2ccccc2=Nc2ccc(C)cc21. The molecule has 2 aromatic carbocycles. The Morgan fingerprint density at radius 2 is 1.85 bits per heavy atom. The zero-order valence-corrected chi connectivity index (χ0v) is 20.8. The molecule has 0 aliphatic carbocycles. The van der Waals surface area contributed by atoms with Crippen molar-refractivity contribution in [1.82, 2.24) is 9.80 Å². The minimum Gasteiger partial charge on any atom is -0.483 e. The number of para-hydroxylation sites is 1. The van der Waals surface area contributed by atoms with E-state index in [-0.39, 0.29) is 6.10 Å². The Labute approximate surface area is 203 Å². The third-order valence-electron chi connectivity index (χ3n) is 6.22. The summed E-state index contributed by atoms with van der Waals surface area (Å²) in [6.07, 6.45) is 0.523. The van der Waals surface area contributed by atoms with E-state index < -0.39 is 0 Å². The molecule has 5 nitrogen and oxygen atoms in total. The summed E-state index contributed by atoms with van der Waals surface area (Å²) in [5, 5.41) is 2.10. The molecule has 0 aromatic heterocycles. The van der Waals surface area contributed by atoms with E-state index in [2.05, 4.69) is 96.1 Å². The summed E-state index contributed by atoms with van der Waals surface area (Å²) in [5.41, 5.74) is 4.14. The van der Waals surface area contributed by atoms with Gasteiger partial charge < -0.3 is 14.5 Å². The number of hydrogen-bond donors (Lipinski definition) is 0. The highest BCUT2D eigenvalue weighted by Crippen LogP contribution is 2.37. The van der Waals surface area contributed by atoms with Gasteiger partial charge in [-0.2, -0.15) is 0 Å². The Hall–Kier alpha value is -3.49. The summed E-state index contributed by atoms with van der Waals surface area (Å²) in [5.74, 6) is 7.37. The zero-order valence-electron chi connectivity index (χ0n) is 20.8. The van der Waals surface area contributed by atoms with Crippen molar-refractivity contribution in [3.8, 4) is 11.8 Å². The summed E-state index contributed by atoms with van der Waals surface area (Å²) in [6, 6.07) is 14.8. The predicted molar refractivity (Wildman–Crippen MR) is 140 cm³/mol. The number of benzene rings is 2. The maximum absolute atomic E-state index is 5.95. The maximum atomic E-state index is 5.95. The average Bonchev–Trinajstić information content (AvgIpc) is 2.94. The molecule has 0 bridgehead atoms. The van der Waals surface area contributed by atoms with Gasteiger partial charge in [0.2, 0.25) is 0 Å². The highest BCUT2D eigenvalue weighted by molar-refractivity contribution is 5.81. The lowest BCUT2D eigenvalue weighted by Crippen LogP contribution is -2.50. The maximum Gasteiger partial charge on any atom is 0.163 e. The molecule has 1 saturated heterocycles. The van der Waals surface area contributed by atoms with Crippen molar-refractivity contribution in [2.24, 2.45) is 4.99 Å². The fourth-order valence-corrected chi connectivity index (χ4v) is 4.56. The molecule has 2 aliphatic rings. The van der Waals surface area contributed by atoms with Gasteiger partial charge in [-0.1, -0.05) is 30.7 Å². The average molecular weight is 455 g/mol. The van der Waals surface area contributed by atoms with Crippen LogP contribution in [0.25, 0.3) is 5.82 Å². The van der Waals surface area contributed by atoms with Crippen LogP contribution in [0.4, 0.5) is 11.4 Å². The van der Waals surface area contributed by atoms with Gasteiger partial charge in [-0.05, 0) is 70.1 Å². The van der Waals surface area contributed by atoms with Crippen LogP contribution in [0.3, 0.4) is 0 Å². The number of hydrogen-bond acceptors (Lipinski definition) is 5. The quantitative estimate of drug-likeness (QED) is 0.489. The molecule has 1 unspecified atom stereocenters. The van der Waals surface area contributed by atoms with Gasteiger partial charge in [-0.25, -0.2) is 4.99 Å². The van der Waals surface area contributed by atoms with E-state index in [9.17, 15) is 0 Å². The van der Waals surface area contributed by atoms with Gasteiger partial charge in [-0.15, -0.1) is 0 Å². The highest BCUT2D eigenvalue weighted by Gasteiger charge is 2.29. The predicted octanol–water partition coefficient (Wildman–Crippen LogP) is 3.93. The van der Waals surface area contributed by atoms with Crippen LogP contribution in [0.5, 0.6) is 0 Å². The Morgan fingerprint density at radius 3 is 2.59 bits per heavy atom. The standard InChI is InChI=1S/C29H34N4O/c1-7-10-23(4)34-24(5)20-22(3)33-28-19-21(2)13-14-27(28)30-26-12-9-8-11-25(26)29(33)32-17-15-31(6)16-18-32/h8-9,11-14,19,24H,3-4,15-18,20H2,1-2,5-6H3. The zero-order chi connectivity index (χ0) is 24.2. The molecule has 0 N–H and O–H groups in total. The molecule has 34 heavy (non-hydrogen) atoms. The summed E-state index contributed by atoms with van der Waals surface area (Å²) >= 11 is 0. The molecular weight excluding hydrogens is 420 g/mol. The van der Waals surface area contributed by atoms with Crippen LogP contribution < -0.4 is 15.5 Å². The Balaban J connectivity index is 1.84. The first-order valence-electron chi connectivity index (χ1n) is 11.9. The van der Waals surface area contributed by atoms with E-state index in [1.807, 2.05) is 6.92 Å². The second-order valence-electron chi connectivity index (χ2n) is 9.07. The molecule has 0 radical (unpaired) electrons. The molecule has 2 aromatic rings. The third-order valence-corrected chi connectivity index (χ3v) is 6.22. The molecule has 0 saturated carbocycles. The fourth-order valence-electron chi connectivity index (χ4n) is 4.56. The number of ether oxygens (including phenoxy) is 1. The number of aryl methyl sites for hydroxylation is 1. The lowest BCUT2D eigenvalue weighted by atomic mass is 10.1. The minimum absolute atomic E-state index is 0.113. The molecular formula is C29H34N4O. The number of likely N-dealkylation sites (N-methyl/N-ethyl adjacent to an activating group) is 1. The number of fused-ring (bicyclic) bond motifs is 2. The first kappa shape index (κ1) is 23.7. The Bertz CT molecular complexity index is 1280. The molecule has 2 heterocycles. The second kappa shape index (κ2) is 10.2. The van der Waals surface area contributed by atoms with Crippen LogP contribution in [0.1, 0.15) is 25.8 Å². The second-order valence-corrected chi connectivity index (χ2v) is 9.07. The molecule has 0 amide bonds. The lowest BCUT2D eigenvalue weighted by Gasteiger charge is -2.41. The Morgan fingerprint density at radius 1 is 1.12 bits per heavy atom. The van der Waals surface area contributed by atoms with E-state index in [4.69, 9.17) is 9.73 Å². The number of nitrogens with zero attached hydrogens (tertiary/aromatic N) is 4.